The van der Waals surface area contributed by atoms with E-state index in [1.54, 1.807) is 7.05 Å². The predicted molar refractivity (Wildman–Crippen MR) is 104 cm³/mol. The molecule has 1 aromatic carbocycles. The van der Waals surface area contributed by atoms with Crippen molar-refractivity contribution < 1.29 is 18.0 Å². The van der Waals surface area contributed by atoms with Gasteiger partial charge in [0.1, 0.15) is 0 Å². The minimum atomic E-state index is -1.62. The molecule has 0 atom stereocenters. The van der Waals surface area contributed by atoms with Crippen molar-refractivity contribution in [1.29, 1.82) is 0 Å². The normalized spacial score (nSPS) is 10.8. The standard InChI is InChI=1S/C16H23F3N4O.HI/c1-3-4-5-6-9-21-16(20-2)22-10-13(24)23-12-8-7-11(17)14(18)15(12)19;/h7-8H,3-6,9-10H2,1-2H3,(H,23,24)(H2,20,21,22);1H. The van der Waals surface area contributed by atoms with Crippen LogP contribution < -0.4 is 16.0 Å². The van der Waals surface area contributed by atoms with Crippen LogP contribution in [0, 0.1) is 17.5 Å². The van der Waals surface area contributed by atoms with E-state index in [9.17, 15) is 18.0 Å². The number of nitrogens with one attached hydrogen (secondary N) is 3. The molecule has 0 saturated heterocycles. The maximum Gasteiger partial charge on any atom is 0.243 e. The third-order valence-corrected chi connectivity index (χ3v) is 3.27. The number of amides is 1. The van der Waals surface area contributed by atoms with E-state index in [2.05, 4.69) is 27.9 Å². The third-order valence-electron chi connectivity index (χ3n) is 3.27. The number of carbonyl (C=O) groups is 1. The van der Waals surface area contributed by atoms with E-state index in [0.717, 1.165) is 44.4 Å². The molecule has 0 radical (unpaired) electrons. The summed E-state index contributed by atoms with van der Waals surface area (Å²) in [6.07, 6.45) is 4.40. The molecule has 0 aromatic heterocycles. The first-order valence-electron chi connectivity index (χ1n) is 7.87. The van der Waals surface area contributed by atoms with Crippen LogP contribution in [-0.2, 0) is 4.79 Å². The molecule has 0 fully saturated rings. The van der Waals surface area contributed by atoms with Gasteiger partial charge in [-0.1, -0.05) is 26.2 Å². The van der Waals surface area contributed by atoms with Gasteiger partial charge in [0.05, 0.1) is 12.2 Å². The Bertz CT molecular complexity index is 585. The Labute approximate surface area is 162 Å². The Balaban J connectivity index is 0.00000576. The van der Waals surface area contributed by atoms with Gasteiger partial charge in [-0.3, -0.25) is 9.79 Å². The zero-order valence-electron chi connectivity index (χ0n) is 14.3. The van der Waals surface area contributed by atoms with E-state index in [0.29, 0.717) is 5.96 Å². The van der Waals surface area contributed by atoms with Gasteiger partial charge in [-0.15, -0.1) is 24.0 Å². The molecule has 1 rings (SSSR count). The smallest absolute Gasteiger partial charge is 0.243 e. The molecule has 0 saturated carbocycles. The summed E-state index contributed by atoms with van der Waals surface area (Å²) in [6.45, 7) is 2.66. The van der Waals surface area contributed by atoms with Gasteiger partial charge in [-0.05, 0) is 18.6 Å². The first kappa shape index (κ1) is 23.5. The van der Waals surface area contributed by atoms with Crippen molar-refractivity contribution >= 4 is 41.5 Å². The van der Waals surface area contributed by atoms with Crippen LogP contribution in [0.15, 0.2) is 17.1 Å². The van der Waals surface area contributed by atoms with Crippen molar-refractivity contribution in [2.24, 2.45) is 4.99 Å². The first-order chi connectivity index (χ1) is 11.5. The molecule has 9 heteroatoms. The average Bonchev–Trinajstić information content (AvgIpc) is 2.58. The van der Waals surface area contributed by atoms with E-state index in [4.69, 9.17) is 0 Å². The summed E-state index contributed by atoms with van der Waals surface area (Å²) < 4.78 is 39.4. The van der Waals surface area contributed by atoms with Crippen molar-refractivity contribution in [3.63, 3.8) is 0 Å². The van der Waals surface area contributed by atoms with Crippen LogP contribution >= 0.6 is 24.0 Å². The van der Waals surface area contributed by atoms with Crippen molar-refractivity contribution in [2.45, 2.75) is 32.6 Å². The number of benzene rings is 1. The van der Waals surface area contributed by atoms with Crippen LogP contribution in [0.5, 0.6) is 0 Å². The SMILES string of the molecule is CCCCCCNC(=NC)NCC(=O)Nc1ccc(F)c(F)c1F.I. The lowest BCUT2D eigenvalue weighted by atomic mass is 10.2. The highest BCUT2D eigenvalue weighted by Gasteiger charge is 2.15. The second-order valence-corrected chi connectivity index (χ2v) is 5.18. The number of nitrogens with zero attached hydrogens (tertiary/aromatic N) is 1. The van der Waals surface area contributed by atoms with Crippen LogP contribution in [0.25, 0.3) is 0 Å². The molecule has 3 N–H and O–H groups in total. The average molecular weight is 472 g/mol. The molecule has 142 valence electrons. The van der Waals surface area contributed by atoms with Crippen LogP contribution in [-0.4, -0.2) is 32.0 Å². The lowest BCUT2D eigenvalue weighted by molar-refractivity contribution is -0.115. The van der Waals surface area contributed by atoms with E-state index < -0.39 is 29.0 Å². The molecule has 1 aromatic rings. The van der Waals surface area contributed by atoms with Gasteiger partial charge in [0.2, 0.25) is 5.91 Å². The Morgan fingerprint density at radius 2 is 1.80 bits per heavy atom. The third kappa shape index (κ3) is 8.41. The number of aliphatic imine (C=N–C) groups is 1. The maximum atomic E-state index is 13.5. The number of guanidine groups is 1. The monoisotopic (exact) mass is 472 g/mol. The van der Waals surface area contributed by atoms with Gasteiger partial charge >= 0.3 is 0 Å². The van der Waals surface area contributed by atoms with Gasteiger partial charge in [0.25, 0.3) is 0 Å². The summed E-state index contributed by atoms with van der Waals surface area (Å²) in [7, 11) is 1.56. The van der Waals surface area contributed by atoms with Gasteiger partial charge in [0, 0.05) is 13.6 Å². The lowest BCUT2D eigenvalue weighted by Crippen LogP contribution is -2.41. The molecule has 5 nitrogen and oxygen atoms in total. The fraction of sp³-hybridized carbons (Fsp3) is 0.500. The van der Waals surface area contributed by atoms with Crippen molar-refractivity contribution in [3.05, 3.63) is 29.6 Å². The maximum absolute atomic E-state index is 13.5. The largest absolute Gasteiger partial charge is 0.356 e. The van der Waals surface area contributed by atoms with Crippen LogP contribution in [0.4, 0.5) is 18.9 Å². The fourth-order valence-electron chi connectivity index (χ4n) is 1.96. The number of carbonyl (C=O) groups excluding carboxylic acids is 1. The lowest BCUT2D eigenvalue weighted by Gasteiger charge is -2.12. The molecular weight excluding hydrogens is 448 g/mol. The van der Waals surface area contributed by atoms with Crippen molar-refractivity contribution in [2.75, 3.05) is 25.5 Å². The van der Waals surface area contributed by atoms with Crippen LogP contribution in [0.1, 0.15) is 32.6 Å². The fourth-order valence-corrected chi connectivity index (χ4v) is 1.96. The molecule has 0 aliphatic rings. The highest BCUT2D eigenvalue weighted by Crippen LogP contribution is 2.19. The Hall–Kier alpha value is -1.52. The van der Waals surface area contributed by atoms with Gasteiger partial charge in [-0.2, -0.15) is 0 Å². The molecule has 0 spiro atoms. The number of anilines is 1. The van der Waals surface area contributed by atoms with Crippen LogP contribution in [0.3, 0.4) is 0 Å². The topological polar surface area (TPSA) is 65.5 Å². The molecule has 1 amide bonds. The Morgan fingerprint density at radius 1 is 1.08 bits per heavy atom. The van der Waals surface area contributed by atoms with E-state index in [1.165, 1.54) is 0 Å². The van der Waals surface area contributed by atoms with E-state index in [-0.39, 0.29) is 30.5 Å². The summed E-state index contributed by atoms with van der Waals surface area (Å²) >= 11 is 0. The second-order valence-electron chi connectivity index (χ2n) is 5.18. The van der Waals surface area contributed by atoms with Gasteiger partial charge in [-0.25, -0.2) is 13.2 Å². The quantitative estimate of drug-likeness (QED) is 0.179. The number of unbranched alkanes of at least 4 members (excludes halogenated alkanes) is 3. The summed E-state index contributed by atoms with van der Waals surface area (Å²) in [4.78, 5) is 15.7. The summed E-state index contributed by atoms with van der Waals surface area (Å²) in [5.41, 5.74) is -0.414. The number of rotatable bonds is 8. The zero-order valence-corrected chi connectivity index (χ0v) is 16.6. The summed E-state index contributed by atoms with van der Waals surface area (Å²) in [6, 6.07) is 1.71. The second kappa shape index (κ2) is 12.8. The minimum absolute atomic E-state index is 0. The van der Waals surface area contributed by atoms with Crippen molar-refractivity contribution in [3.8, 4) is 0 Å². The number of halogens is 4. The van der Waals surface area contributed by atoms with Crippen molar-refractivity contribution in [1.82, 2.24) is 10.6 Å². The number of hydrogen-bond donors (Lipinski definition) is 3. The number of hydrogen-bond acceptors (Lipinski definition) is 2. The predicted octanol–water partition coefficient (Wildman–Crippen LogP) is 3.41. The summed E-state index contributed by atoms with van der Waals surface area (Å²) in [5, 5.41) is 7.99. The Kier molecular flexibility index (Phi) is 12.0. The molecule has 0 bridgehead atoms. The molecule has 25 heavy (non-hydrogen) atoms. The van der Waals surface area contributed by atoms with Gasteiger partial charge < -0.3 is 16.0 Å². The van der Waals surface area contributed by atoms with Gasteiger partial charge in [0.15, 0.2) is 23.4 Å². The van der Waals surface area contributed by atoms with Crippen LogP contribution in [0.2, 0.25) is 0 Å². The first-order valence-corrected chi connectivity index (χ1v) is 7.87. The Morgan fingerprint density at radius 3 is 2.44 bits per heavy atom. The molecular formula is C16H24F3IN4O. The molecule has 0 aliphatic carbocycles. The minimum Gasteiger partial charge on any atom is -0.356 e. The van der Waals surface area contributed by atoms with E-state index >= 15 is 0 Å². The molecule has 0 aliphatic heterocycles. The highest BCUT2D eigenvalue weighted by molar-refractivity contribution is 14.0. The van der Waals surface area contributed by atoms with E-state index in [1.807, 2.05) is 0 Å². The summed E-state index contributed by atoms with van der Waals surface area (Å²) in [5.74, 6) is -4.52. The zero-order chi connectivity index (χ0) is 17.9. The highest BCUT2D eigenvalue weighted by atomic mass is 127. The molecule has 0 heterocycles. The molecule has 0 unspecified atom stereocenters.